The van der Waals surface area contributed by atoms with Crippen molar-refractivity contribution in [2.45, 2.75) is 6.61 Å². The van der Waals surface area contributed by atoms with Gasteiger partial charge in [-0.15, -0.1) is 0 Å². The summed E-state index contributed by atoms with van der Waals surface area (Å²) in [6, 6.07) is 13.8. The lowest BCUT2D eigenvalue weighted by Gasteiger charge is -2.06. The average molecular weight is 308 g/mol. The van der Waals surface area contributed by atoms with E-state index in [0.29, 0.717) is 25.7 Å². The van der Waals surface area contributed by atoms with Crippen LogP contribution in [0.2, 0.25) is 0 Å². The van der Waals surface area contributed by atoms with Gasteiger partial charge in [0.1, 0.15) is 6.61 Å². The van der Waals surface area contributed by atoms with Crippen molar-refractivity contribution in [3.05, 3.63) is 58.7 Å². The van der Waals surface area contributed by atoms with E-state index in [2.05, 4.69) is 20.9 Å². The Hall–Kier alpha value is -1.39. The number of rotatable bonds is 6. The molecule has 2 aromatic rings. The molecule has 18 heavy (non-hydrogen) atoms. The van der Waals surface area contributed by atoms with E-state index in [1.807, 2.05) is 42.5 Å². The van der Waals surface area contributed by atoms with Crippen LogP contribution in [0.25, 0.3) is 0 Å². The Morgan fingerprint density at radius 2 is 1.89 bits per heavy atom. The first kappa shape index (κ1) is 13.1. The van der Waals surface area contributed by atoms with E-state index >= 15 is 0 Å². The number of ether oxygens (including phenoxy) is 2. The summed E-state index contributed by atoms with van der Waals surface area (Å²) in [5, 5.41) is 0. The zero-order chi connectivity index (χ0) is 12.6. The Morgan fingerprint density at radius 1 is 1.06 bits per heavy atom. The fourth-order valence-corrected chi connectivity index (χ4v) is 1.75. The standard InChI is InChI=1S/C14H14BrNO2/c15-13-6-7-16-14(10-13)18-9-8-17-11-12-4-2-1-3-5-12/h1-7,10H,8-9,11H2. The van der Waals surface area contributed by atoms with Crippen LogP contribution in [0.5, 0.6) is 5.88 Å². The number of halogens is 1. The van der Waals surface area contributed by atoms with Gasteiger partial charge in [-0.25, -0.2) is 4.98 Å². The molecule has 0 saturated heterocycles. The summed E-state index contributed by atoms with van der Waals surface area (Å²) in [7, 11) is 0. The quantitative estimate of drug-likeness (QED) is 0.766. The van der Waals surface area contributed by atoms with Gasteiger partial charge in [0.2, 0.25) is 5.88 Å². The molecular formula is C14H14BrNO2. The molecule has 4 heteroatoms. The first-order chi connectivity index (χ1) is 8.84. The minimum atomic E-state index is 0.496. The highest BCUT2D eigenvalue weighted by Gasteiger charge is 1.96. The van der Waals surface area contributed by atoms with Gasteiger partial charge in [0, 0.05) is 16.7 Å². The van der Waals surface area contributed by atoms with Gasteiger partial charge in [-0.3, -0.25) is 0 Å². The van der Waals surface area contributed by atoms with Crippen molar-refractivity contribution in [1.82, 2.24) is 4.98 Å². The van der Waals surface area contributed by atoms with Crippen LogP contribution in [0.3, 0.4) is 0 Å². The van der Waals surface area contributed by atoms with E-state index in [4.69, 9.17) is 9.47 Å². The first-order valence-electron chi connectivity index (χ1n) is 5.70. The van der Waals surface area contributed by atoms with Gasteiger partial charge in [-0.05, 0) is 11.6 Å². The minimum Gasteiger partial charge on any atom is -0.475 e. The molecule has 3 nitrogen and oxygen atoms in total. The van der Waals surface area contributed by atoms with Crippen LogP contribution in [0.1, 0.15) is 5.56 Å². The summed E-state index contributed by atoms with van der Waals surface area (Å²) in [4.78, 5) is 4.09. The molecule has 0 atom stereocenters. The Balaban J connectivity index is 1.65. The summed E-state index contributed by atoms with van der Waals surface area (Å²) in [6.45, 7) is 1.65. The van der Waals surface area contributed by atoms with E-state index in [0.717, 1.165) is 10.0 Å². The van der Waals surface area contributed by atoms with Crippen molar-refractivity contribution < 1.29 is 9.47 Å². The van der Waals surface area contributed by atoms with Gasteiger partial charge in [-0.1, -0.05) is 46.3 Å². The lowest BCUT2D eigenvalue weighted by Crippen LogP contribution is -2.07. The largest absolute Gasteiger partial charge is 0.475 e. The van der Waals surface area contributed by atoms with Crippen molar-refractivity contribution in [2.75, 3.05) is 13.2 Å². The van der Waals surface area contributed by atoms with Gasteiger partial charge in [0.05, 0.1) is 13.2 Å². The zero-order valence-corrected chi connectivity index (χ0v) is 11.5. The molecule has 0 spiro atoms. The topological polar surface area (TPSA) is 31.4 Å². The molecule has 1 aromatic carbocycles. The molecule has 0 fully saturated rings. The zero-order valence-electron chi connectivity index (χ0n) is 9.88. The van der Waals surface area contributed by atoms with E-state index in [-0.39, 0.29) is 0 Å². The van der Waals surface area contributed by atoms with E-state index in [1.54, 1.807) is 6.20 Å². The molecule has 0 aliphatic heterocycles. The van der Waals surface area contributed by atoms with Crippen LogP contribution >= 0.6 is 15.9 Å². The van der Waals surface area contributed by atoms with Crippen molar-refractivity contribution in [3.8, 4) is 5.88 Å². The second-order valence-corrected chi connectivity index (χ2v) is 4.61. The average Bonchev–Trinajstić information content (AvgIpc) is 2.40. The lowest BCUT2D eigenvalue weighted by molar-refractivity contribution is 0.0874. The highest BCUT2D eigenvalue weighted by atomic mass is 79.9. The summed E-state index contributed by atoms with van der Waals surface area (Å²) in [6.07, 6.45) is 1.70. The Kier molecular flexibility index (Phi) is 5.17. The molecule has 0 N–H and O–H groups in total. The van der Waals surface area contributed by atoms with Crippen LogP contribution in [0, 0.1) is 0 Å². The van der Waals surface area contributed by atoms with E-state index in [1.165, 1.54) is 0 Å². The number of pyridine rings is 1. The van der Waals surface area contributed by atoms with Crippen LogP contribution < -0.4 is 4.74 Å². The van der Waals surface area contributed by atoms with Crippen LogP contribution in [0.4, 0.5) is 0 Å². The van der Waals surface area contributed by atoms with Crippen molar-refractivity contribution in [3.63, 3.8) is 0 Å². The lowest BCUT2D eigenvalue weighted by atomic mass is 10.2. The molecule has 2 rings (SSSR count). The summed E-state index contributed by atoms with van der Waals surface area (Å²) >= 11 is 3.36. The third kappa shape index (κ3) is 4.47. The number of hydrogen-bond acceptors (Lipinski definition) is 3. The summed E-state index contributed by atoms with van der Waals surface area (Å²) in [5.74, 6) is 0.604. The maximum absolute atomic E-state index is 5.51. The third-order valence-corrected chi connectivity index (χ3v) is 2.78. The molecule has 0 saturated carbocycles. The molecule has 0 radical (unpaired) electrons. The SMILES string of the molecule is Brc1ccnc(OCCOCc2ccccc2)c1. The maximum atomic E-state index is 5.51. The van der Waals surface area contributed by atoms with E-state index in [9.17, 15) is 0 Å². The second kappa shape index (κ2) is 7.13. The Morgan fingerprint density at radius 3 is 2.67 bits per heavy atom. The van der Waals surface area contributed by atoms with Crippen LogP contribution in [-0.2, 0) is 11.3 Å². The van der Waals surface area contributed by atoms with Gasteiger partial charge in [0.25, 0.3) is 0 Å². The normalized spacial score (nSPS) is 10.3. The van der Waals surface area contributed by atoms with Gasteiger partial charge >= 0.3 is 0 Å². The molecule has 0 unspecified atom stereocenters. The van der Waals surface area contributed by atoms with Gasteiger partial charge in [0.15, 0.2) is 0 Å². The van der Waals surface area contributed by atoms with Crippen LogP contribution in [-0.4, -0.2) is 18.2 Å². The predicted octanol–water partition coefficient (Wildman–Crippen LogP) is 3.44. The smallest absolute Gasteiger partial charge is 0.214 e. The van der Waals surface area contributed by atoms with Crippen molar-refractivity contribution in [1.29, 1.82) is 0 Å². The van der Waals surface area contributed by atoms with Crippen LogP contribution in [0.15, 0.2) is 53.1 Å². The summed E-state index contributed by atoms with van der Waals surface area (Å²) < 4.78 is 11.9. The molecule has 1 heterocycles. The second-order valence-electron chi connectivity index (χ2n) is 3.70. The Labute approximate surface area is 115 Å². The van der Waals surface area contributed by atoms with Crippen molar-refractivity contribution in [2.24, 2.45) is 0 Å². The first-order valence-corrected chi connectivity index (χ1v) is 6.50. The number of nitrogens with zero attached hydrogens (tertiary/aromatic N) is 1. The number of aromatic nitrogens is 1. The molecule has 0 amide bonds. The predicted molar refractivity (Wildman–Crippen MR) is 73.5 cm³/mol. The van der Waals surface area contributed by atoms with E-state index < -0.39 is 0 Å². The molecule has 1 aromatic heterocycles. The molecule has 0 aliphatic rings. The molecule has 0 bridgehead atoms. The molecular weight excluding hydrogens is 294 g/mol. The van der Waals surface area contributed by atoms with Crippen molar-refractivity contribution >= 4 is 15.9 Å². The monoisotopic (exact) mass is 307 g/mol. The maximum Gasteiger partial charge on any atom is 0.214 e. The Bertz CT molecular complexity index is 476. The number of hydrogen-bond donors (Lipinski definition) is 0. The highest BCUT2D eigenvalue weighted by Crippen LogP contribution is 2.14. The molecule has 0 aliphatic carbocycles. The van der Waals surface area contributed by atoms with Gasteiger partial charge < -0.3 is 9.47 Å². The fraction of sp³-hybridized carbons (Fsp3) is 0.214. The summed E-state index contributed by atoms with van der Waals surface area (Å²) in [5.41, 5.74) is 1.16. The molecule has 94 valence electrons. The highest BCUT2D eigenvalue weighted by molar-refractivity contribution is 9.10. The minimum absolute atomic E-state index is 0.496. The fourth-order valence-electron chi connectivity index (χ4n) is 1.43. The third-order valence-electron chi connectivity index (χ3n) is 2.29. The number of benzene rings is 1. The van der Waals surface area contributed by atoms with Gasteiger partial charge in [-0.2, -0.15) is 0 Å².